The van der Waals surface area contributed by atoms with Crippen molar-refractivity contribution in [2.75, 3.05) is 37.7 Å². The smallest absolute Gasteiger partial charge is 0.254 e. The number of carbonyl (C=O) groups is 2. The summed E-state index contributed by atoms with van der Waals surface area (Å²) >= 11 is 1.72. The second kappa shape index (κ2) is 12.7. The minimum atomic E-state index is -0.163. The molecule has 0 fully saturated rings. The Kier molecular flexibility index (Phi) is 9.93. The first kappa shape index (κ1) is 23.5. The van der Waals surface area contributed by atoms with Crippen LogP contribution in [0.2, 0.25) is 0 Å². The van der Waals surface area contributed by atoms with E-state index in [2.05, 4.69) is 17.3 Å². The van der Waals surface area contributed by atoms with Crippen LogP contribution in [0.15, 0.2) is 51.9 Å². The zero-order valence-electron chi connectivity index (χ0n) is 16.9. The van der Waals surface area contributed by atoms with Gasteiger partial charge in [0.2, 0.25) is 0 Å². The molecule has 0 bridgehead atoms. The molecule has 0 atom stereocenters. The topological polar surface area (TPSA) is 105 Å². The summed E-state index contributed by atoms with van der Waals surface area (Å²) in [6.07, 6.45) is 5.80. The number of rotatable bonds is 13. The first-order valence-corrected chi connectivity index (χ1v) is 10.9. The highest BCUT2D eigenvalue weighted by Crippen LogP contribution is 2.27. The van der Waals surface area contributed by atoms with Crippen LogP contribution in [0.5, 0.6) is 5.75 Å². The summed E-state index contributed by atoms with van der Waals surface area (Å²) in [5.74, 6) is 1.80. The predicted octanol–water partition coefficient (Wildman–Crippen LogP) is 4.27. The van der Waals surface area contributed by atoms with Crippen molar-refractivity contribution in [1.29, 1.82) is 0 Å². The van der Waals surface area contributed by atoms with E-state index in [0.29, 0.717) is 30.5 Å². The third kappa shape index (κ3) is 6.35. The van der Waals surface area contributed by atoms with Crippen molar-refractivity contribution in [2.24, 2.45) is 10.4 Å². The van der Waals surface area contributed by atoms with E-state index in [-0.39, 0.29) is 36.1 Å². The van der Waals surface area contributed by atoms with Gasteiger partial charge in [-0.1, -0.05) is 30.3 Å². The van der Waals surface area contributed by atoms with Crippen LogP contribution >= 0.6 is 11.8 Å². The second-order valence-corrected chi connectivity index (χ2v) is 7.84. The molecule has 0 N–H and O–H groups in total. The van der Waals surface area contributed by atoms with Gasteiger partial charge in [0.15, 0.2) is 6.29 Å². The average molecular weight is 432 g/mol. The summed E-state index contributed by atoms with van der Waals surface area (Å²) in [7, 11) is 0. The van der Waals surface area contributed by atoms with Crippen LogP contribution in [0.3, 0.4) is 0 Å². The number of allylic oxidation sites excluding steroid dienone is 2. The molecule has 0 aliphatic heterocycles. The van der Waals surface area contributed by atoms with Gasteiger partial charge < -0.3 is 9.64 Å². The Morgan fingerprint density at radius 3 is 2.73 bits per heavy atom. The summed E-state index contributed by atoms with van der Waals surface area (Å²) in [5, 5.41) is 5.77. The van der Waals surface area contributed by atoms with Crippen molar-refractivity contribution < 1.29 is 14.3 Å². The lowest BCUT2D eigenvalue weighted by Crippen LogP contribution is -2.38. The minimum Gasteiger partial charge on any atom is -0.491 e. The number of aldehydes is 1. The van der Waals surface area contributed by atoms with Gasteiger partial charge in [0, 0.05) is 17.9 Å². The van der Waals surface area contributed by atoms with Gasteiger partial charge in [-0.3, -0.25) is 9.59 Å². The molecule has 160 valence electrons. The number of thioether (sulfide) groups is 1. The molecule has 1 aromatic carbocycles. The fraction of sp³-hybridized carbons (Fsp3) is 0.429. The molecular weight excluding hydrogens is 406 g/mol. The maximum atomic E-state index is 13.1. The first-order chi connectivity index (χ1) is 14.7. The highest BCUT2D eigenvalue weighted by molar-refractivity contribution is 7.99. The number of hydrogen-bond donors (Lipinski definition) is 0. The number of amides is 1. The van der Waals surface area contributed by atoms with Crippen LogP contribution in [0, 0.1) is 9.81 Å². The number of hydrogen-bond acceptors (Lipinski definition) is 8. The van der Waals surface area contributed by atoms with Gasteiger partial charge in [-0.05, 0) is 41.5 Å². The molecule has 1 aliphatic rings. The van der Waals surface area contributed by atoms with E-state index < -0.39 is 0 Å². The molecule has 0 radical (unpaired) electrons. The van der Waals surface area contributed by atoms with Crippen LogP contribution in [0.1, 0.15) is 30.1 Å². The third-order valence-corrected chi connectivity index (χ3v) is 5.47. The first-order valence-electron chi connectivity index (χ1n) is 9.76. The monoisotopic (exact) mass is 431 g/mol. The molecule has 2 rings (SSSR count). The SMILES string of the molecule is CCSCCN(CCOc1cccc(N=O)c1C=O)C(=O)C1=CCCC=C1CN=O. The highest BCUT2D eigenvalue weighted by Gasteiger charge is 2.23. The van der Waals surface area contributed by atoms with E-state index in [1.54, 1.807) is 28.8 Å². The van der Waals surface area contributed by atoms with Crippen molar-refractivity contribution in [3.05, 3.63) is 56.9 Å². The molecule has 0 saturated carbocycles. The lowest BCUT2D eigenvalue weighted by molar-refractivity contribution is -0.127. The van der Waals surface area contributed by atoms with E-state index >= 15 is 0 Å². The highest BCUT2D eigenvalue weighted by atomic mass is 32.2. The molecule has 1 amide bonds. The van der Waals surface area contributed by atoms with Crippen LogP contribution in [-0.4, -0.2) is 54.8 Å². The van der Waals surface area contributed by atoms with Gasteiger partial charge in [0.25, 0.3) is 5.91 Å². The molecule has 8 nitrogen and oxygen atoms in total. The van der Waals surface area contributed by atoms with Gasteiger partial charge in [-0.25, -0.2) is 0 Å². The van der Waals surface area contributed by atoms with Gasteiger partial charge in [-0.15, -0.1) is 4.91 Å². The molecule has 1 aromatic rings. The zero-order valence-corrected chi connectivity index (χ0v) is 17.7. The molecule has 0 heterocycles. The second-order valence-electron chi connectivity index (χ2n) is 6.45. The molecular formula is C21H25N3O5S. The summed E-state index contributed by atoms with van der Waals surface area (Å²) < 4.78 is 5.69. The van der Waals surface area contributed by atoms with Crippen molar-refractivity contribution in [3.63, 3.8) is 0 Å². The zero-order chi connectivity index (χ0) is 21.8. The maximum absolute atomic E-state index is 13.1. The Morgan fingerprint density at radius 2 is 2.03 bits per heavy atom. The van der Waals surface area contributed by atoms with E-state index in [1.807, 2.05) is 12.2 Å². The van der Waals surface area contributed by atoms with Crippen LogP contribution in [0.4, 0.5) is 5.69 Å². The van der Waals surface area contributed by atoms with E-state index in [4.69, 9.17) is 4.74 Å². The van der Waals surface area contributed by atoms with Crippen LogP contribution in [0.25, 0.3) is 0 Å². The molecule has 1 aliphatic carbocycles. The van der Waals surface area contributed by atoms with E-state index in [0.717, 1.165) is 24.3 Å². The molecule has 0 aromatic heterocycles. The maximum Gasteiger partial charge on any atom is 0.254 e. The largest absolute Gasteiger partial charge is 0.491 e. The summed E-state index contributed by atoms with van der Waals surface area (Å²) in [5.41, 5.74) is 1.27. The van der Waals surface area contributed by atoms with Crippen molar-refractivity contribution >= 4 is 29.6 Å². The van der Waals surface area contributed by atoms with Gasteiger partial charge >= 0.3 is 0 Å². The third-order valence-electron chi connectivity index (χ3n) is 4.59. The Labute approximate surface area is 179 Å². The quantitative estimate of drug-likeness (QED) is 0.262. The number of nitroso groups, excluding NO2 is 2. The number of ether oxygens (including phenoxy) is 1. The van der Waals surface area contributed by atoms with Gasteiger partial charge in [-0.2, -0.15) is 16.7 Å². The molecule has 0 spiro atoms. The summed E-state index contributed by atoms with van der Waals surface area (Å²) in [6, 6.07) is 4.60. The predicted molar refractivity (Wildman–Crippen MR) is 118 cm³/mol. The lowest BCUT2D eigenvalue weighted by Gasteiger charge is -2.25. The van der Waals surface area contributed by atoms with E-state index in [9.17, 15) is 19.4 Å². The summed E-state index contributed by atoms with van der Waals surface area (Å²) in [4.78, 5) is 47.7. The van der Waals surface area contributed by atoms with Crippen LogP contribution < -0.4 is 4.74 Å². The average Bonchev–Trinajstić information content (AvgIpc) is 2.78. The van der Waals surface area contributed by atoms with Crippen molar-refractivity contribution in [1.82, 2.24) is 4.90 Å². The van der Waals surface area contributed by atoms with Crippen molar-refractivity contribution in [3.8, 4) is 5.75 Å². The normalized spacial score (nSPS) is 13.1. The van der Waals surface area contributed by atoms with Crippen LogP contribution in [-0.2, 0) is 4.79 Å². The molecule has 0 saturated heterocycles. The van der Waals surface area contributed by atoms with Crippen molar-refractivity contribution in [2.45, 2.75) is 19.8 Å². The lowest BCUT2D eigenvalue weighted by atomic mass is 9.96. The number of carbonyl (C=O) groups excluding carboxylic acids is 2. The fourth-order valence-electron chi connectivity index (χ4n) is 3.10. The number of nitrogens with zero attached hydrogens (tertiary/aromatic N) is 3. The Hall–Kier alpha value is -2.81. The molecule has 0 unspecified atom stereocenters. The number of benzene rings is 1. The molecule has 9 heteroatoms. The Balaban J connectivity index is 2.10. The van der Waals surface area contributed by atoms with Gasteiger partial charge in [0.05, 0.1) is 12.1 Å². The molecule has 30 heavy (non-hydrogen) atoms. The fourth-order valence-corrected chi connectivity index (χ4v) is 3.73. The standard InChI is InChI=1S/C21H25N3O5S/c1-2-30-13-11-24(21(26)17-7-4-3-6-16(17)14-22-27)10-12-29-20-9-5-8-19(23-28)18(20)15-25/h5-9,15H,2-4,10-14H2,1H3. The van der Waals surface area contributed by atoms with E-state index in [1.165, 1.54) is 6.07 Å². The van der Waals surface area contributed by atoms with Gasteiger partial charge in [0.1, 0.15) is 24.6 Å². The Bertz CT molecular complexity index is 838. The minimum absolute atomic E-state index is 0.0123. The Morgan fingerprint density at radius 1 is 1.23 bits per heavy atom. The summed E-state index contributed by atoms with van der Waals surface area (Å²) in [6.45, 7) is 2.98.